The number of ether oxygens (including phenoxy) is 3. The maximum atomic E-state index is 6.91. The Morgan fingerprint density at radius 1 is 0.725 bits per heavy atom. The third kappa shape index (κ3) is 11.4. The zero-order valence-electron chi connectivity index (χ0n) is 31.6. The zero-order valence-corrected chi connectivity index (χ0v) is 32.6. The Balaban J connectivity index is 1.44. The molecule has 4 aromatic rings. The van der Waals surface area contributed by atoms with Gasteiger partial charge in [-0.2, -0.15) is 0 Å². The summed E-state index contributed by atoms with van der Waals surface area (Å²) in [4.78, 5) is 0. The van der Waals surface area contributed by atoms with Gasteiger partial charge in [0.25, 0.3) is 0 Å². The van der Waals surface area contributed by atoms with Gasteiger partial charge in [-0.1, -0.05) is 161 Å². The molecule has 0 amide bonds. The Labute approximate surface area is 308 Å². The highest BCUT2D eigenvalue weighted by Gasteiger charge is 2.38. The van der Waals surface area contributed by atoms with Gasteiger partial charge in [-0.05, 0) is 77.4 Å². The lowest BCUT2D eigenvalue weighted by Gasteiger charge is -2.36. The molecule has 268 valence electrons. The minimum atomic E-state index is -1.78. The molecule has 0 aliphatic carbocycles. The Morgan fingerprint density at radius 3 is 1.78 bits per heavy atom. The largest absolute Gasteiger partial charge is 0.497 e. The van der Waals surface area contributed by atoms with E-state index in [2.05, 4.69) is 144 Å². The predicted molar refractivity (Wildman–Crippen MR) is 214 cm³/mol. The average Bonchev–Trinajstić information content (AvgIpc) is 3.14. The summed E-state index contributed by atoms with van der Waals surface area (Å²) < 4.78 is 25.0. The molecule has 4 aromatic carbocycles. The van der Waals surface area contributed by atoms with Crippen LogP contribution in [0.5, 0.6) is 5.75 Å². The van der Waals surface area contributed by atoms with Gasteiger partial charge in [0, 0.05) is 0 Å². The summed E-state index contributed by atoms with van der Waals surface area (Å²) in [7, 11) is -0.103. The fourth-order valence-electron chi connectivity index (χ4n) is 5.55. The molecule has 0 bridgehead atoms. The van der Waals surface area contributed by atoms with Gasteiger partial charge in [0.1, 0.15) is 17.5 Å². The second kappa shape index (κ2) is 19.4. The monoisotopic (exact) mass is 700 g/mol. The van der Waals surface area contributed by atoms with Gasteiger partial charge in [-0.3, -0.25) is 0 Å². The van der Waals surface area contributed by atoms with Gasteiger partial charge in [0.2, 0.25) is 0 Å². The quantitative estimate of drug-likeness (QED) is 0.0361. The van der Waals surface area contributed by atoms with E-state index in [1.165, 1.54) is 0 Å². The van der Waals surface area contributed by atoms with Crippen LogP contribution in [-0.4, -0.2) is 34.7 Å². The molecule has 4 rings (SSSR count). The van der Waals surface area contributed by atoms with E-state index in [1.807, 2.05) is 48.5 Å². The molecule has 0 saturated carbocycles. The second-order valence-corrected chi connectivity index (χ2v) is 19.3. The fraction of sp³-hybridized carbons (Fsp3) is 0.348. The molecular formula is C46H56O4Si. The first-order chi connectivity index (χ1) is 24.6. The van der Waals surface area contributed by atoms with Crippen molar-refractivity contribution < 1.29 is 18.6 Å². The summed E-state index contributed by atoms with van der Waals surface area (Å²) >= 11 is 0. The van der Waals surface area contributed by atoms with Crippen molar-refractivity contribution in [2.24, 2.45) is 5.92 Å². The van der Waals surface area contributed by atoms with Crippen molar-refractivity contribution in [3.05, 3.63) is 162 Å². The Bertz CT molecular complexity index is 1600. The number of methoxy groups -OCH3 is 1. The van der Waals surface area contributed by atoms with Crippen molar-refractivity contribution in [3.63, 3.8) is 0 Å². The van der Waals surface area contributed by atoms with Crippen LogP contribution in [0.25, 0.3) is 0 Å². The van der Waals surface area contributed by atoms with Gasteiger partial charge in [0.15, 0.2) is 8.32 Å². The first-order valence-corrected chi connectivity index (χ1v) is 21.0. The van der Waals surface area contributed by atoms with Gasteiger partial charge in [0.05, 0.1) is 26.9 Å². The summed E-state index contributed by atoms with van der Waals surface area (Å²) in [6.07, 6.45) is 9.69. The summed E-state index contributed by atoms with van der Waals surface area (Å²) in [6, 6.07) is 39.4. The van der Waals surface area contributed by atoms with E-state index in [-0.39, 0.29) is 17.1 Å². The van der Waals surface area contributed by atoms with E-state index in [1.54, 1.807) is 7.11 Å². The maximum absolute atomic E-state index is 6.91. The molecule has 0 aromatic heterocycles. The van der Waals surface area contributed by atoms with E-state index in [4.69, 9.17) is 18.6 Å². The van der Waals surface area contributed by atoms with Crippen LogP contribution in [0.4, 0.5) is 0 Å². The van der Waals surface area contributed by atoms with E-state index in [9.17, 15) is 0 Å². The van der Waals surface area contributed by atoms with Crippen molar-refractivity contribution >= 4 is 8.32 Å². The molecule has 0 fully saturated rings. The molecule has 2 atom stereocenters. The van der Waals surface area contributed by atoms with Gasteiger partial charge in [-0.15, -0.1) is 0 Å². The minimum Gasteiger partial charge on any atom is -0.497 e. The van der Waals surface area contributed by atoms with Crippen LogP contribution in [0.2, 0.25) is 18.1 Å². The number of rotatable bonds is 17. The number of allylic oxidation sites excluding steroid dienone is 2. The normalized spacial score (nSPS) is 13.5. The van der Waals surface area contributed by atoms with Gasteiger partial charge in [-0.25, -0.2) is 0 Å². The van der Waals surface area contributed by atoms with E-state index in [0.29, 0.717) is 26.2 Å². The van der Waals surface area contributed by atoms with Crippen molar-refractivity contribution in [2.45, 2.75) is 77.0 Å². The molecule has 0 unspecified atom stereocenters. The van der Waals surface area contributed by atoms with E-state index < -0.39 is 13.9 Å². The molecule has 0 aliphatic heterocycles. The molecule has 0 radical (unpaired) electrons. The molecule has 0 N–H and O–H groups in total. The maximum Gasteiger partial charge on any atom is 0.192 e. The molecular weight excluding hydrogens is 645 g/mol. The first kappa shape index (κ1) is 39.6. The Hall–Kier alpha value is -4.18. The molecule has 0 aliphatic rings. The van der Waals surface area contributed by atoms with Crippen LogP contribution in [-0.2, 0) is 26.1 Å². The van der Waals surface area contributed by atoms with Crippen LogP contribution < -0.4 is 4.74 Å². The Morgan fingerprint density at radius 2 is 1.27 bits per heavy atom. The summed E-state index contributed by atoms with van der Waals surface area (Å²) in [5, 5.41) is 0.193. The van der Waals surface area contributed by atoms with Gasteiger partial charge >= 0.3 is 0 Å². The minimum absolute atomic E-state index is 0.193. The standard InChI is InChI=1S/C46H56O4Si/c1-38(23-20-22-36-50-51(6,7)45(2,3)4)44(48-37-39-31-33-43(47-5)34-32-39)30-19-8-9-21-35-49-46(40-24-13-10-14-25-40,41-26-15-11-16-27-41)42-28-17-12-18-29-42/h8-18,20,22,24-29,31-34,38,44H,21,23,35-37H2,1-7H3/b9-8+,22-20+/t38-,44-/m1/s1. The fourth-order valence-corrected chi connectivity index (χ4v) is 6.50. The summed E-state index contributed by atoms with van der Waals surface area (Å²) in [5.74, 6) is 7.70. The molecule has 0 heterocycles. The molecule has 4 nitrogen and oxygen atoms in total. The average molecular weight is 701 g/mol. The van der Waals surface area contributed by atoms with Crippen LogP contribution in [0, 0.1) is 17.8 Å². The summed E-state index contributed by atoms with van der Waals surface area (Å²) in [6.45, 7) is 15.2. The smallest absolute Gasteiger partial charge is 0.192 e. The highest BCUT2D eigenvalue weighted by Crippen LogP contribution is 2.40. The highest BCUT2D eigenvalue weighted by molar-refractivity contribution is 6.74. The first-order valence-electron chi connectivity index (χ1n) is 18.1. The van der Waals surface area contributed by atoms with E-state index >= 15 is 0 Å². The zero-order chi connectivity index (χ0) is 36.6. The van der Waals surface area contributed by atoms with Crippen LogP contribution in [0.15, 0.2) is 140 Å². The third-order valence-corrected chi connectivity index (χ3v) is 14.2. The highest BCUT2D eigenvalue weighted by atomic mass is 28.4. The van der Waals surface area contributed by atoms with Crippen molar-refractivity contribution in [1.29, 1.82) is 0 Å². The van der Waals surface area contributed by atoms with Crippen LogP contribution >= 0.6 is 0 Å². The molecule has 5 heteroatoms. The molecule has 0 saturated heterocycles. The lowest BCUT2D eigenvalue weighted by atomic mass is 9.80. The molecule has 0 spiro atoms. The van der Waals surface area contributed by atoms with Crippen molar-refractivity contribution in [2.75, 3.05) is 20.3 Å². The van der Waals surface area contributed by atoms with Crippen LogP contribution in [0.1, 0.15) is 62.8 Å². The van der Waals surface area contributed by atoms with E-state index in [0.717, 1.165) is 34.4 Å². The van der Waals surface area contributed by atoms with Crippen molar-refractivity contribution in [1.82, 2.24) is 0 Å². The van der Waals surface area contributed by atoms with Crippen LogP contribution in [0.3, 0.4) is 0 Å². The van der Waals surface area contributed by atoms with Crippen molar-refractivity contribution in [3.8, 4) is 17.6 Å². The number of hydrogen-bond donors (Lipinski definition) is 0. The summed E-state index contributed by atoms with van der Waals surface area (Å²) in [5.41, 5.74) is 3.63. The van der Waals surface area contributed by atoms with Gasteiger partial charge < -0.3 is 18.6 Å². The number of hydrogen-bond acceptors (Lipinski definition) is 4. The second-order valence-electron chi connectivity index (χ2n) is 14.4. The Kier molecular flexibility index (Phi) is 15.1. The lowest BCUT2D eigenvalue weighted by molar-refractivity contribution is 0.0157. The lowest BCUT2D eigenvalue weighted by Crippen LogP contribution is -2.40. The number of benzene rings is 4. The molecule has 51 heavy (non-hydrogen) atoms. The SMILES string of the molecule is COc1ccc(CO[C@H](C#C/C=C/CCOC(c2ccccc2)(c2ccccc2)c2ccccc2)[C@H](C)C/C=C/CO[Si](C)(C)C(C)(C)C)cc1. The third-order valence-electron chi connectivity index (χ3n) is 9.70. The topological polar surface area (TPSA) is 36.9 Å². The predicted octanol–water partition coefficient (Wildman–Crippen LogP) is 11.1.